The van der Waals surface area contributed by atoms with Crippen LogP contribution < -0.4 is 9.44 Å². The summed E-state index contributed by atoms with van der Waals surface area (Å²) in [5.41, 5.74) is 0. The van der Waals surface area contributed by atoms with Crippen LogP contribution in [-0.2, 0) is 10.2 Å². The third-order valence-electron chi connectivity index (χ3n) is 1.11. The molecule has 0 fully saturated rings. The lowest BCUT2D eigenvalue weighted by Crippen LogP contribution is -2.43. The summed E-state index contributed by atoms with van der Waals surface area (Å²) < 4.78 is 26.5. The van der Waals surface area contributed by atoms with Gasteiger partial charge in [0.05, 0.1) is 12.7 Å². The number of hydrogen-bond donors (Lipinski definition) is 4. The van der Waals surface area contributed by atoms with Gasteiger partial charge in [0.15, 0.2) is 0 Å². The lowest BCUT2D eigenvalue weighted by atomic mass is 10.4. The average Bonchev–Trinajstić information content (AvgIpc) is 1.98. The van der Waals surface area contributed by atoms with Crippen molar-refractivity contribution in [3.8, 4) is 0 Å². The van der Waals surface area contributed by atoms with Crippen LogP contribution in [0, 0.1) is 0 Å². The predicted molar refractivity (Wildman–Crippen MR) is 48.3 cm³/mol. The van der Waals surface area contributed by atoms with Crippen LogP contribution in [0.3, 0.4) is 0 Å². The maximum absolute atomic E-state index is 11.0. The first-order valence-corrected chi connectivity index (χ1v) is 5.41. The van der Waals surface area contributed by atoms with E-state index >= 15 is 0 Å². The van der Waals surface area contributed by atoms with Gasteiger partial charge in [0.25, 0.3) is 10.2 Å². The highest BCUT2D eigenvalue weighted by Crippen LogP contribution is 1.85. The summed E-state index contributed by atoms with van der Waals surface area (Å²) in [7, 11) is -3.56. The molecule has 0 aliphatic rings. The van der Waals surface area contributed by atoms with Crippen LogP contribution in [0.4, 0.5) is 0 Å². The Balaban J connectivity index is 3.90. The van der Waals surface area contributed by atoms with Crippen molar-refractivity contribution in [3.05, 3.63) is 0 Å². The second-order valence-corrected chi connectivity index (χ2v) is 4.49. The van der Waals surface area contributed by atoms with Crippen molar-refractivity contribution in [1.82, 2.24) is 9.44 Å². The minimum Gasteiger partial charge on any atom is -0.394 e. The van der Waals surface area contributed by atoms with Crippen LogP contribution in [0.2, 0.25) is 0 Å². The molecule has 80 valence electrons. The standard InChI is InChI=1S/C6H16N2O4S/c1-5(2)8-13(11,12)7-3-6(10)4-9/h5-10H,3-4H2,1-2H3. The molecule has 7 heteroatoms. The zero-order valence-electron chi connectivity index (χ0n) is 7.69. The van der Waals surface area contributed by atoms with Crippen molar-refractivity contribution in [3.63, 3.8) is 0 Å². The summed E-state index contributed by atoms with van der Waals surface area (Å²) in [6, 6.07) is -0.205. The van der Waals surface area contributed by atoms with Gasteiger partial charge in [-0.2, -0.15) is 17.9 Å². The topological polar surface area (TPSA) is 98.7 Å². The van der Waals surface area contributed by atoms with E-state index in [1.807, 2.05) is 0 Å². The number of rotatable bonds is 6. The van der Waals surface area contributed by atoms with E-state index in [0.29, 0.717) is 0 Å². The van der Waals surface area contributed by atoms with Gasteiger partial charge in [-0.25, -0.2) is 0 Å². The average molecular weight is 212 g/mol. The van der Waals surface area contributed by atoms with E-state index in [-0.39, 0.29) is 12.6 Å². The summed E-state index contributed by atoms with van der Waals surface area (Å²) in [5, 5.41) is 17.3. The van der Waals surface area contributed by atoms with Crippen LogP contribution in [0.25, 0.3) is 0 Å². The molecule has 1 atom stereocenters. The molecule has 0 aromatic rings. The predicted octanol–water partition coefficient (Wildman–Crippen LogP) is -1.83. The minimum atomic E-state index is -3.56. The molecular formula is C6H16N2O4S. The lowest BCUT2D eigenvalue weighted by Gasteiger charge is -2.12. The summed E-state index contributed by atoms with van der Waals surface area (Å²) in [4.78, 5) is 0. The summed E-state index contributed by atoms with van der Waals surface area (Å²) in [6.07, 6.45) is -1.07. The maximum Gasteiger partial charge on any atom is 0.277 e. The van der Waals surface area contributed by atoms with Crippen molar-refractivity contribution in [2.75, 3.05) is 13.2 Å². The largest absolute Gasteiger partial charge is 0.394 e. The van der Waals surface area contributed by atoms with Gasteiger partial charge < -0.3 is 10.2 Å². The normalized spacial score (nSPS) is 14.8. The van der Waals surface area contributed by atoms with E-state index in [4.69, 9.17) is 10.2 Å². The summed E-state index contributed by atoms with van der Waals surface area (Å²) in [6.45, 7) is 2.70. The van der Waals surface area contributed by atoms with Crippen molar-refractivity contribution >= 4 is 10.2 Å². The number of aliphatic hydroxyl groups excluding tert-OH is 2. The van der Waals surface area contributed by atoms with Crippen molar-refractivity contribution in [2.24, 2.45) is 0 Å². The molecule has 0 heterocycles. The van der Waals surface area contributed by atoms with Gasteiger partial charge in [0, 0.05) is 12.6 Å². The molecule has 0 aliphatic heterocycles. The van der Waals surface area contributed by atoms with E-state index in [0.717, 1.165) is 0 Å². The van der Waals surface area contributed by atoms with Gasteiger partial charge in [-0.3, -0.25) is 0 Å². The molecule has 13 heavy (non-hydrogen) atoms. The molecule has 0 amide bonds. The van der Waals surface area contributed by atoms with Gasteiger partial charge in [0.2, 0.25) is 0 Å². The van der Waals surface area contributed by atoms with E-state index in [2.05, 4.69) is 9.44 Å². The lowest BCUT2D eigenvalue weighted by molar-refractivity contribution is 0.0987. The van der Waals surface area contributed by atoms with Crippen LogP contribution in [-0.4, -0.2) is 43.9 Å². The van der Waals surface area contributed by atoms with E-state index in [1.165, 1.54) is 0 Å². The molecule has 0 saturated carbocycles. The zero-order chi connectivity index (χ0) is 10.5. The number of nitrogens with one attached hydrogen (secondary N) is 2. The highest BCUT2D eigenvalue weighted by Gasteiger charge is 2.12. The second-order valence-electron chi connectivity index (χ2n) is 2.96. The van der Waals surface area contributed by atoms with Gasteiger partial charge in [-0.15, -0.1) is 0 Å². The quantitative estimate of drug-likeness (QED) is 0.416. The second kappa shape index (κ2) is 5.51. The summed E-state index contributed by atoms with van der Waals surface area (Å²) >= 11 is 0. The molecule has 0 rings (SSSR count). The van der Waals surface area contributed by atoms with Gasteiger partial charge >= 0.3 is 0 Å². The third kappa shape index (κ3) is 6.91. The van der Waals surface area contributed by atoms with Crippen LogP contribution in [0.5, 0.6) is 0 Å². The first kappa shape index (κ1) is 12.8. The first-order chi connectivity index (χ1) is 5.87. The molecule has 0 bridgehead atoms. The number of hydrogen-bond acceptors (Lipinski definition) is 4. The molecule has 0 spiro atoms. The van der Waals surface area contributed by atoms with E-state index < -0.39 is 22.9 Å². The fourth-order valence-corrected chi connectivity index (χ4v) is 1.74. The van der Waals surface area contributed by atoms with Gasteiger partial charge in [-0.1, -0.05) is 0 Å². The van der Waals surface area contributed by atoms with E-state index in [1.54, 1.807) is 13.8 Å². The Kier molecular flexibility index (Phi) is 5.42. The highest BCUT2D eigenvalue weighted by molar-refractivity contribution is 7.87. The number of aliphatic hydroxyl groups is 2. The van der Waals surface area contributed by atoms with Gasteiger partial charge in [-0.05, 0) is 13.8 Å². The Bertz CT molecular complexity index is 227. The van der Waals surface area contributed by atoms with Crippen LogP contribution in [0.15, 0.2) is 0 Å². The minimum absolute atomic E-state index is 0.196. The molecule has 0 aliphatic carbocycles. The van der Waals surface area contributed by atoms with Crippen LogP contribution >= 0.6 is 0 Å². The molecule has 0 aromatic carbocycles. The molecular weight excluding hydrogens is 196 g/mol. The SMILES string of the molecule is CC(C)NS(=O)(=O)NCC(O)CO. The monoisotopic (exact) mass is 212 g/mol. The Morgan fingerprint density at radius 2 is 1.92 bits per heavy atom. The van der Waals surface area contributed by atoms with Crippen molar-refractivity contribution in [2.45, 2.75) is 26.0 Å². The molecule has 6 nitrogen and oxygen atoms in total. The Morgan fingerprint density at radius 3 is 2.31 bits per heavy atom. The van der Waals surface area contributed by atoms with Crippen molar-refractivity contribution < 1.29 is 18.6 Å². The smallest absolute Gasteiger partial charge is 0.277 e. The highest BCUT2D eigenvalue weighted by atomic mass is 32.2. The molecule has 0 aromatic heterocycles. The van der Waals surface area contributed by atoms with Crippen molar-refractivity contribution in [1.29, 1.82) is 0 Å². The fourth-order valence-electron chi connectivity index (χ4n) is 0.622. The molecule has 0 saturated heterocycles. The Morgan fingerprint density at radius 1 is 1.38 bits per heavy atom. The molecule has 0 radical (unpaired) electrons. The molecule has 4 N–H and O–H groups in total. The zero-order valence-corrected chi connectivity index (χ0v) is 8.50. The summed E-state index contributed by atoms with van der Waals surface area (Å²) in [5.74, 6) is 0. The molecule has 1 unspecified atom stereocenters. The van der Waals surface area contributed by atoms with E-state index in [9.17, 15) is 8.42 Å². The Labute approximate surface area is 78.1 Å². The maximum atomic E-state index is 11.0. The van der Waals surface area contributed by atoms with Crippen LogP contribution in [0.1, 0.15) is 13.8 Å². The van der Waals surface area contributed by atoms with Gasteiger partial charge in [0.1, 0.15) is 0 Å². The third-order valence-corrected chi connectivity index (χ3v) is 2.44. The Hall–Kier alpha value is -0.210. The fraction of sp³-hybridized carbons (Fsp3) is 1.00. The first-order valence-electron chi connectivity index (χ1n) is 3.93.